The van der Waals surface area contributed by atoms with Crippen LogP contribution >= 0.6 is 0 Å². The van der Waals surface area contributed by atoms with Gasteiger partial charge in [-0.2, -0.15) is 0 Å². The van der Waals surface area contributed by atoms with Gasteiger partial charge < -0.3 is 9.30 Å². The van der Waals surface area contributed by atoms with E-state index in [1.807, 2.05) is 24.7 Å². The lowest BCUT2D eigenvalue weighted by molar-refractivity contribution is 0.287. The summed E-state index contributed by atoms with van der Waals surface area (Å²) in [5.41, 5.74) is 2.11. The number of hydrogen-bond acceptors (Lipinski definition) is 4. The van der Waals surface area contributed by atoms with Crippen LogP contribution in [-0.4, -0.2) is 18.0 Å². The van der Waals surface area contributed by atoms with Crippen LogP contribution in [0.5, 0.6) is 5.75 Å². The molecule has 0 saturated heterocycles. The minimum absolute atomic E-state index is 0.141. The van der Waals surface area contributed by atoms with E-state index in [-0.39, 0.29) is 4.90 Å². The highest BCUT2D eigenvalue weighted by molar-refractivity contribution is 7.89. The molecule has 7 heteroatoms. The van der Waals surface area contributed by atoms with E-state index in [4.69, 9.17) is 9.88 Å². The number of rotatable bonds is 4. The molecule has 0 saturated carbocycles. The van der Waals surface area contributed by atoms with E-state index >= 15 is 0 Å². The Hall–Kier alpha value is -1.86. The summed E-state index contributed by atoms with van der Waals surface area (Å²) in [4.78, 5) is 4.33. The molecule has 1 aromatic heterocycles. The van der Waals surface area contributed by atoms with Gasteiger partial charge in [-0.15, -0.1) is 0 Å². The number of imidazole rings is 1. The maximum Gasteiger partial charge on any atom is 0.238 e. The molecule has 0 bridgehead atoms. The van der Waals surface area contributed by atoms with Crippen LogP contribution in [0.25, 0.3) is 0 Å². The first kappa shape index (κ1) is 15.5. The van der Waals surface area contributed by atoms with Crippen LogP contribution in [0.2, 0.25) is 0 Å². The first-order chi connectivity index (χ1) is 9.71. The summed E-state index contributed by atoms with van der Waals surface area (Å²) in [6, 6.07) is 1.55. The molecule has 1 heterocycles. The van der Waals surface area contributed by atoms with Crippen LogP contribution in [0, 0.1) is 20.8 Å². The number of aromatic nitrogens is 2. The van der Waals surface area contributed by atoms with Gasteiger partial charge in [-0.1, -0.05) is 0 Å². The van der Waals surface area contributed by atoms with Gasteiger partial charge in [-0.05, 0) is 43.5 Å². The van der Waals surface area contributed by atoms with Crippen molar-refractivity contribution in [2.45, 2.75) is 32.3 Å². The zero-order valence-electron chi connectivity index (χ0n) is 12.5. The van der Waals surface area contributed by atoms with E-state index < -0.39 is 10.0 Å². The molecule has 2 rings (SSSR count). The predicted molar refractivity (Wildman–Crippen MR) is 79.6 cm³/mol. The van der Waals surface area contributed by atoms with Crippen molar-refractivity contribution in [3.63, 3.8) is 0 Å². The summed E-state index contributed by atoms with van der Waals surface area (Å²) < 4.78 is 30.9. The lowest BCUT2D eigenvalue weighted by atomic mass is 10.1. The molecule has 0 aliphatic carbocycles. The second-order valence-electron chi connectivity index (χ2n) is 5.06. The Morgan fingerprint density at radius 3 is 2.48 bits per heavy atom. The molecule has 114 valence electrons. The van der Waals surface area contributed by atoms with Crippen molar-refractivity contribution in [1.82, 2.24) is 9.55 Å². The van der Waals surface area contributed by atoms with Crippen LogP contribution in [0.1, 0.15) is 22.5 Å². The number of sulfonamides is 1. The monoisotopic (exact) mass is 309 g/mol. The maximum atomic E-state index is 11.6. The Morgan fingerprint density at radius 1 is 1.29 bits per heavy atom. The standard InChI is InChI=1S/C14H19N3O3S/c1-9-7-12(21(15,18)19)10(2)11(3)14(9)20-8-13-16-5-6-17(13)4/h5-7H,8H2,1-4H3,(H2,15,18,19). The van der Waals surface area contributed by atoms with Gasteiger partial charge in [-0.25, -0.2) is 18.5 Å². The molecule has 21 heavy (non-hydrogen) atoms. The second-order valence-corrected chi connectivity index (χ2v) is 6.59. The molecular weight excluding hydrogens is 290 g/mol. The molecule has 0 aliphatic rings. The first-order valence-corrected chi connectivity index (χ1v) is 7.99. The summed E-state index contributed by atoms with van der Waals surface area (Å²) in [5.74, 6) is 1.46. The number of ether oxygens (including phenoxy) is 1. The summed E-state index contributed by atoms with van der Waals surface area (Å²) >= 11 is 0. The van der Waals surface area contributed by atoms with Gasteiger partial charge in [0, 0.05) is 19.4 Å². The third-order valence-corrected chi connectivity index (χ3v) is 4.59. The zero-order chi connectivity index (χ0) is 15.8. The van der Waals surface area contributed by atoms with Crippen molar-refractivity contribution in [2.24, 2.45) is 12.2 Å². The Bertz CT molecular complexity index is 779. The maximum absolute atomic E-state index is 11.6. The lowest BCUT2D eigenvalue weighted by Gasteiger charge is -2.16. The highest BCUT2D eigenvalue weighted by atomic mass is 32.2. The van der Waals surface area contributed by atoms with Gasteiger partial charge in [0.05, 0.1) is 4.90 Å². The first-order valence-electron chi connectivity index (χ1n) is 6.44. The largest absolute Gasteiger partial charge is 0.485 e. The third kappa shape index (κ3) is 3.08. The molecule has 2 aromatic rings. The fraction of sp³-hybridized carbons (Fsp3) is 0.357. The smallest absolute Gasteiger partial charge is 0.238 e. The normalized spacial score (nSPS) is 11.7. The van der Waals surface area contributed by atoms with Crippen LogP contribution in [0.15, 0.2) is 23.4 Å². The van der Waals surface area contributed by atoms with E-state index in [1.165, 1.54) is 0 Å². The predicted octanol–water partition coefficient (Wildman–Crippen LogP) is 1.57. The lowest BCUT2D eigenvalue weighted by Crippen LogP contribution is -2.15. The van der Waals surface area contributed by atoms with Crippen molar-refractivity contribution in [1.29, 1.82) is 0 Å². The van der Waals surface area contributed by atoms with Crippen molar-refractivity contribution >= 4 is 10.0 Å². The number of primary sulfonamides is 1. The SMILES string of the molecule is Cc1cc(S(N)(=O)=O)c(C)c(C)c1OCc1nccn1C. The average molecular weight is 309 g/mol. The van der Waals surface area contributed by atoms with Gasteiger partial charge in [0.25, 0.3) is 0 Å². The minimum Gasteiger partial charge on any atom is -0.485 e. The Morgan fingerprint density at radius 2 is 1.95 bits per heavy atom. The highest BCUT2D eigenvalue weighted by Crippen LogP contribution is 2.31. The molecule has 2 N–H and O–H groups in total. The molecule has 0 amide bonds. The quantitative estimate of drug-likeness (QED) is 0.928. The molecule has 1 aromatic carbocycles. The van der Waals surface area contributed by atoms with E-state index in [0.29, 0.717) is 17.9 Å². The van der Waals surface area contributed by atoms with E-state index in [0.717, 1.165) is 17.0 Å². The topological polar surface area (TPSA) is 87.2 Å². The highest BCUT2D eigenvalue weighted by Gasteiger charge is 2.18. The number of nitrogens with two attached hydrogens (primary N) is 1. The molecule has 0 radical (unpaired) electrons. The summed E-state index contributed by atoms with van der Waals surface area (Å²) in [6.45, 7) is 5.67. The van der Waals surface area contributed by atoms with Crippen LogP contribution in [-0.2, 0) is 23.7 Å². The Labute approximate surface area is 124 Å². The summed E-state index contributed by atoms with van der Waals surface area (Å²) in [7, 11) is -1.84. The molecule has 6 nitrogen and oxygen atoms in total. The second kappa shape index (κ2) is 5.50. The molecule has 0 spiro atoms. The van der Waals surface area contributed by atoms with Gasteiger partial charge >= 0.3 is 0 Å². The number of aryl methyl sites for hydroxylation is 2. The van der Waals surface area contributed by atoms with Gasteiger partial charge in [-0.3, -0.25) is 0 Å². The summed E-state index contributed by atoms with van der Waals surface area (Å²) in [6.07, 6.45) is 3.54. The van der Waals surface area contributed by atoms with E-state index in [9.17, 15) is 8.42 Å². The Balaban J connectivity index is 2.38. The Kier molecular flexibility index (Phi) is 4.06. The van der Waals surface area contributed by atoms with Gasteiger partial charge in [0.1, 0.15) is 18.2 Å². The fourth-order valence-corrected chi connectivity index (χ4v) is 3.13. The average Bonchev–Trinajstić information content (AvgIpc) is 2.78. The van der Waals surface area contributed by atoms with Crippen molar-refractivity contribution in [3.8, 4) is 5.75 Å². The van der Waals surface area contributed by atoms with Crippen LogP contribution < -0.4 is 9.88 Å². The molecular formula is C14H19N3O3S. The molecule has 0 fully saturated rings. The minimum atomic E-state index is -3.73. The fourth-order valence-electron chi connectivity index (χ4n) is 2.21. The number of nitrogens with zero attached hydrogens (tertiary/aromatic N) is 2. The molecule has 0 atom stereocenters. The summed E-state index contributed by atoms with van der Waals surface area (Å²) in [5, 5.41) is 5.23. The van der Waals surface area contributed by atoms with Gasteiger partial charge in [0.2, 0.25) is 10.0 Å². The zero-order valence-corrected chi connectivity index (χ0v) is 13.4. The van der Waals surface area contributed by atoms with Crippen molar-refractivity contribution in [3.05, 3.63) is 41.0 Å². The number of hydrogen-bond donors (Lipinski definition) is 1. The number of benzene rings is 1. The molecule has 0 unspecified atom stereocenters. The van der Waals surface area contributed by atoms with Crippen molar-refractivity contribution < 1.29 is 13.2 Å². The van der Waals surface area contributed by atoms with Gasteiger partial charge in [0.15, 0.2) is 0 Å². The molecule has 0 aliphatic heterocycles. The van der Waals surface area contributed by atoms with Crippen molar-refractivity contribution in [2.75, 3.05) is 0 Å². The van der Waals surface area contributed by atoms with Crippen LogP contribution in [0.4, 0.5) is 0 Å². The van der Waals surface area contributed by atoms with E-state index in [1.54, 1.807) is 26.1 Å². The van der Waals surface area contributed by atoms with Crippen LogP contribution in [0.3, 0.4) is 0 Å². The third-order valence-electron chi connectivity index (χ3n) is 3.55. The van der Waals surface area contributed by atoms with E-state index in [2.05, 4.69) is 4.98 Å².